The number of amides is 1. The molecule has 0 aliphatic carbocycles. The molecular weight excluding hydrogens is 418 g/mol. The summed E-state index contributed by atoms with van der Waals surface area (Å²) in [6.07, 6.45) is 1.46. The highest BCUT2D eigenvalue weighted by Gasteiger charge is 2.13. The molecule has 1 amide bonds. The Morgan fingerprint density at radius 1 is 1.33 bits per heavy atom. The molecule has 9 heteroatoms. The van der Waals surface area contributed by atoms with Gasteiger partial charge in [0.1, 0.15) is 0 Å². The first kappa shape index (κ1) is 18.8. The van der Waals surface area contributed by atoms with Gasteiger partial charge >= 0.3 is 0 Å². The first-order valence-corrected chi connectivity index (χ1v) is 8.97. The van der Waals surface area contributed by atoms with Crippen molar-refractivity contribution in [3.05, 3.63) is 40.4 Å². The van der Waals surface area contributed by atoms with Crippen LogP contribution >= 0.6 is 15.9 Å². The average Bonchev–Trinajstić information content (AvgIpc) is 3.12. The lowest BCUT2D eigenvalue weighted by molar-refractivity contribution is -0.119. The van der Waals surface area contributed by atoms with E-state index >= 15 is 0 Å². The number of fused-ring (bicyclic) bond motifs is 1. The number of benzene rings is 2. The topological polar surface area (TPSA) is 101 Å². The van der Waals surface area contributed by atoms with Crippen LogP contribution in [0.4, 0.5) is 5.69 Å². The van der Waals surface area contributed by atoms with E-state index < -0.39 is 0 Å². The number of hydrazone groups is 1. The normalized spacial score (nSPS) is 12.2. The number of carbonyl (C=O) groups is 1. The maximum atomic E-state index is 11.9. The van der Waals surface area contributed by atoms with Gasteiger partial charge in [0.05, 0.1) is 23.8 Å². The molecule has 0 atom stereocenters. The van der Waals surface area contributed by atoms with E-state index in [1.807, 2.05) is 6.92 Å². The summed E-state index contributed by atoms with van der Waals surface area (Å²) < 4.78 is 16.3. The largest absolute Gasteiger partial charge is 0.503 e. The fourth-order valence-corrected chi connectivity index (χ4v) is 2.80. The number of nitrogens with one attached hydrogen (secondary N) is 2. The van der Waals surface area contributed by atoms with Crippen LogP contribution in [0.3, 0.4) is 0 Å². The summed E-state index contributed by atoms with van der Waals surface area (Å²) in [5.41, 5.74) is 3.83. The van der Waals surface area contributed by atoms with Gasteiger partial charge in [-0.2, -0.15) is 5.10 Å². The van der Waals surface area contributed by atoms with Crippen molar-refractivity contribution in [2.45, 2.75) is 6.92 Å². The van der Waals surface area contributed by atoms with E-state index in [9.17, 15) is 9.90 Å². The quantitative estimate of drug-likeness (QED) is 0.456. The fraction of sp³-hybridized carbons (Fsp3) is 0.222. The van der Waals surface area contributed by atoms with Gasteiger partial charge in [0, 0.05) is 11.8 Å². The zero-order valence-corrected chi connectivity index (χ0v) is 16.1. The number of rotatable bonds is 7. The zero-order chi connectivity index (χ0) is 19.2. The predicted molar refractivity (Wildman–Crippen MR) is 104 cm³/mol. The van der Waals surface area contributed by atoms with Gasteiger partial charge in [-0.05, 0) is 52.7 Å². The van der Waals surface area contributed by atoms with Crippen LogP contribution in [0.25, 0.3) is 0 Å². The highest BCUT2D eigenvalue weighted by molar-refractivity contribution is 9.10. The molecule has 0 spiro atoms. The molecule has 2 aromatic rings. The molecule has 142 valence electrons. The number of phenolic OH excluding ortho intramolecular Hbond substituents is 1. The van der Waals surface area contributed by atoms with Crippen LogP contribution in [0, 0.1) is 0 Å². The van der Waals surface area contributed by atoms with Gasteiger partial charge in [-0.3, -0.25) is 4.79 Å². The number of ether oxygens (including phenoxy) is 3. The van der Waals surface area contributed by atoms with Crippen LogP contribution in [-0.2, 0) is 4.79 Å². The average molecular weight is 436 g/mol. The van der Waals surface area contributed by atoms with E-state index in [-0.39, 0.29) is 25.0 Å². The zero-order valence-electron chi connectivity index (χ0n) is 14.5. The molecule has 0 unspecified atom stereocenters. The van der Waals surface area contributed by atoms with E-state index in [0.29, 0.717) is 33.9 Å². The van der Waals surface area contributed by atoms with Crippen LogP contribution in [0.15, 0.2) is 39.9 Å². The molecule has 1 aliphatic heterocycles. The second-order valence-corrected chi connectivity index (χ2v) is 6.35. The molecule has 3 rings (SSSR count). The Morgan fingerprint density at radius 3 is 2.96 bits per heavy atom. The molecule has 1 aliphatic rings. The van der Waals surface area contributed by atoms with Gasteiger partial charge in [-0.1, -0.05) is 0 Å². The second kappa shape index (κ2) is 8.63. The second-order valence-electron chi connectivity index (χ2n) is 5.50. The smallest absolute Gasteiger partial charge is 0.259 e. The van der Waals surface area contributed by atoms with Gasteiger partial charge in [-0.25, -0.2) is 5.43 Å². The number of aromatic hydroxyl groups is 1. The number of phenols is 1. The van der Waals surface area contributed by atoms with Crippen molar-refractivity contribution in [3.8, 4) is 23.0 Å². The Bertz CT molecular complexity index is 872. The fourth-order valence-electron chi connectivity index (χ4n) is 2.34. The SMILES string of the molecule is CCOc1cc(C=NNC(=O)CNc2ccc3c(c2)OCO3)cc(Br)c1O. The summed E-state index contributed by atoms with van der Waals surface area (Å²) in [6.45, 7) is 2.48. The van der Waals surface area contributed by atoms with Gasteiger partial charge in [0.15, 0.2) is 23.0 Å². The van der Waals surface area contributed by atoms with Crippen molar-refractivity contribution < 1.29 is 24.1 Å². The number of nitrogens with zero attached hydrogens (tertiary/aromatic N) is 1. The van der Waals surface area contributed by atoms with Crippen molar-refractivity contribution in [1.82, 2.24) is 5.43 Å². The maximum Gasteiger partial charge on any atom is 0.259 e. The number of hydrogen-bond acceptors (Lipinski definition) is 7. The Kier molecular flexibility index (Phi) is 6.02. The standard InChI is InChI=1S/C18H18BrN3O5/c1-2-25-16-6-11(5-13(19)18(16)24)8-21-22-17(23)9-20-12-3-4-14-15(7-12)27-10-26-14/h3-8,20,24H,2,9-10H2,1H3,(H,22,23). The van der Waals surface area contributed by atoms with Crippen LogP contribution in [-0.4, -0.2) is 37.2 Å². The van der Waals surface area contributed by atoms with Gasteiger partial charge in [0.2, 0.25) is 6.79 Å². The summed E-state index contributed by atoms with van der Waals surface area (Å²) in [7, 11) is 0. The van der Waals surface area contributed by atoms with Gasteiger partial charge in [-0.15, -0.1) is 0 Å². The highest BCUT2D eigenvalue weighted by atomic mass is 79.9. The summed E-state index contributed by atoms with van der Waals surface area (Å²) in [4.78, 5) is 11.9. The molecule has 0 radical (unpaired) electrons. The van der Waals surface area contributed by atoms with E-state index in [0.717, 1.165) is 5.69 Å². The van der Waals surface area contributed by atoms with Crippen LogP contribution in [0.1, 0.15) is 12.5 Å². The molecule has 27 heavy (non-hydrogen) atoms. The minimum absolute atomic E-state index is 0.0194. The third-order valence-corrected chi connectivity index (χ3v) is 4.18. The predicted octanol–water partition coefficient (Wildman–Crippen LogP) is 2.84. The summed E-state index contributed by atoms with van der Waals surface area (Å²) in [5.74, 6) is 1.37. The minimum Gasteiger partial charge on any atom is -0.503 e. The van der Waals surface area contributed by atoms with E-state index in [1.165, 1.54) is 6.21 Å². The molecule has 8 nitrogen and oxygen atoms in total. The molecule has 0 fully saturated rings. The lowest BCUT2D eigenvalue weighted by Crippen LogP contribution is -2.25. The Morgan fingerprint density at radius 2 is 2.15 bits per heavy atom. The van der Waals surface area contributed by atoms with E-state index in [2.05, 4.69) is 31.8 Å². The van der Waals surface area contributed by atoms with E-state index in [1.54, 1.807) is 30.3 Å². The third-order valence-electron chi connectivity index (χ3n) is 3.58. The molecular formula is C18H18BrN3O5. The first-order valence-electron chi connectivity index (χ1n) is 8.17. The van der Waals surface area contributed by atoms with E-state index in [4.69, 9.17) is 14.2 Å². The summed E-state index contributed by atoms with van der Waals surface area (Å²) in [6, 6.07) is 8.64. The van der Waals surface area contributed by atoms with Crippen molar-refractivity contribution in [2.24, 2.45) is 5.10 Å². The summed E-state index contributed by atoms with van der Waals surface area (Å²) >= 11 is 3.25. The Labute approximate surface area is 164 Å². The van der Waals surface area contributed by atoms with Crippen molar-refractivity contribution in [2.75, 3.05) is 25.3 Å². The van der Waals surface area contributed by atoms with Crippen LogP contribution in [0.2, 0.25) is 0 Å². The monoisotopic (exact) mass is 435 g/mol. The van der Waals surface area contributed by atoms with Crippen LogP contribution in [0.5, 0.6) is 23.0 Å². The Hall–Kier alpha value is -2.94. The molecule has 2 aromatic carbocycles. The lowest BCUT2D eigenvalue weighted by Gasteiger charge is -2.08. The minimum atomic E-state index is -0.313. The van der Waals surface area contributed by atoms with Crippen molar-refractivity contribution >= 4 is 33.7 Å². The number of anilines is 1. The van der Waals surface area contributed by atoms with Gasteiger partial charge < -0.3 is 24.6 Å². The van der Waals surface area contributed by atoms with Crippen molar-refractivity contribution in [1.29, 1.82) is 0 Å². The maximum absolute atomic E-state index is 11.9. The van der Waals surface area contributed by atoms with Crippen molar-refractivity contribution in [3.63, 3.8) is 0 Å². The molecule has 0 saturated heterocycles. The number of carbonyl (C=O) groups excluding carboxylic acids is 1. The third kappa shape index (κ3) is 4.82. The van der Waals surface area contributed by atoms with Crippen LogP contribution < -0.4 is 25.0 Å². The molecule has 0 aromatic heterocycles. The summed E-state index contributed by atoms with van der Waals surface area (Å²) in [5, 5.41) is 16.8. The number of halogens is 1. The highest BCUT2D eigenvalue weighted by Crippen LogP contribution is 2.35. The first-order chi connectivity index (χ1) is 13.1. The Balaban J connectivity index is 1.53. The number of hydrogen-bond donors (Lipinski definition) is 3. The molecule has 0 bridgehead atoms. The van der Waals surface area contributed by atoms with Gasteiger partial charge in [0.25, 0.3) is 5.91 Å². The molecule has 1 heterocycles. The molecule has 0 saturated carbocycles. The molecule has 3 N–H and O–H groups in total. The lowest BCUT2D eigenvalue weighted by atomic mass is 10.2.